The van der Waals surface area contributed by atoms with Crippen molar-refractivity contribution < 1.29 is 23.5 Å². The minimum atomic E-state index is -0.890. The molecule has 0 aliphatic carbocycles. The summed E-state index contributed by atoms with van der Waals surface area (Å²) in [4.78, 5) is 29.5. The fourth-order valence-electron chi connectivity index (χ4n) is 4.40. The van der Waals surface area contributed by atoms with Crippen LogP contribution in [0.2, 0.25) is 0 Å². The van der Waals surface area contributed by atoms with Crippen LogP contribution in [-0.2, 0) is 0 Å². The molecule has 1 aliphatic heterocycles. The molecule has 4 rings (SSSR count). The lowest BCUT2D eigenvalue weighted by molar-refractivity contribution is 0.0794. The van der Waals surface area contributed by atoms with E-state index >= 15 is 0 Å². The minimum Gasteiger partial charge on any atom is -0.465 e. The molecule has 1 fully saturated rings. The van der Waals surface area contributed by atoms with E-state index in [0.717, 1.165) is 5.56 Å². The molecular weight excluding hydrogens is 413 g/mol. The number of benzene rings is 2. The van der Waals surface area contributed by atoms with Gasteiger partial charge < -0.3 is 19.7 Å². The SMILES string of the molecule is CNC(=O)c1ccc(-c2ccc3oc(C4CCN(C(=O)O)C(C(C)C)C4)nc3c2)cc1F. The van der Waals surface area contributed by atoms with Gasteiger partial charge in [-0.2, -0.15) is 0 Å². The fourth-order valence-corrected chi connectivity index (χ4v) is 4.40. The summed E-state index contributed by atoms with van der Waals surface area (Å²) < 4.78 is 20.4. The molecule has 8 heteroatoms. The normalized spacial score (nSPS) is 18.8. The number of piperidine rings is 1. The number of carbonyl (C=O) groups is 2. The van der Waals surface area contributed by atoms with E-state index in [9.17, 15) is 19.1 Å². The number of aromatic nitrogens is 1. The van der Waals surface area contributed by atoms with Crippen LogP contribution in [0.3, 0.4) is 0 Å². The van der Waals surface area contributed by atoms with Gasteiger partial charge >= 0.3 is 6.09 Å². The number of amides is 2. The van der Waals surface area contributed by atoms with Crippen LogP contribution in [0, 0.1) is 11.7 Å². The van der Waals surface area contributed by atoms with Gasteiger partial charge in [0, 0.05) is 25.6 Å². The summed E-state index contributed by atoms with van der Waals surface area (Å²) in [6.07, 6.45) is 0.427. The molecule has 3 aromatic rings. The van der Waals surface area contributed by atoms with Crippen LogP contribution in [0.4, 0.5) is 9.18 Å². The van der Waals surface area contributed by atoms with Crippen molar-refractivity contribution in [3.8, 4) is 11.1 Å². The lowest BCUT2D eigenvalue weighted by atomic mass is 9.85. The van der Waals surface area contributed by atoms with Crippen molar-refractivity contribution in [2.45, 2.75) is 38.6 Å². The number of nitrogens with one attached hydrogen (secondary N) is 1. The number of carboxylic acid groups (broad SMARTS) is 1. The summed E-state index contributed by atoms with van der Waals surface area (Å²) >= 11 is 0. The van der Waals surface area contributed by atoms with Crippen molar-refractivity contribution in [2.75, 3.05) is 13.6 Å². The highest BCUT2D eigenvalue weighted by Crippen LogP contribution is 2.36. The zero-order valence-electron chi connectivity index (χ0n) is 18.3. The molecule has 2 atom stereocenters. The average Bonchev–Trinajstić information content (AvgIpc) is 3.21. The first-order chi connectivity index (χ1) is 15.3. The van der Waals surface area contributed by atoms with E-state index in [1.54, 1.807) is 12.1 Å². The number of halogens is 1. The Morgan fingerprint density at radius 3 is 2.59 bits per heavy atom. The van der Waals surface area contributed by atoms with Crippen molar-refractivity contribution in [1.29, 1.82) is 0 Å². The Morgan fingerprint density at radius 1 is 1.22 bits per heavy atom. The number of fused-ring (bicyclic) bond motifs is 1. The van der Waals surface area contributed by atoms with Crippen LogP contribution in [0.1, 0.15) is 48.9 Å². The Labute approximate surface area is 185 Å². The predicted molar refractivity (Wildman–Crippen MR) is 118 cm³/mol. The second-order valence-electron chi connectivity index (χ2n) is 8.52. The van der Waals surface area contributed by atoms with Crippen molar-refractivity contribution in [2.24, 2.45) is 5.92 Å². The van der Waals surface area contributed by atoms with Crippen molar-refractivity contribution in [3.05, 3.63) is 53.7 Å². The van der Waals surface area contributed by atoms with Gasteiger partial charge in [0.15, 0.2) is 11.5 Å². The van der Waals surface area contributed by atoms with Crippen molar-refractivity contribution in [1.82, 2.24) is 15.2 Å². The van der Waals surface area contributed by atoms with Crippen LogP contribution < -0.4 is 5.32 Å². The summed E-state index contributed by atoms with van der Waals surface area (Å²) in [5.74, 6) is -0.225. The highest BCUT2D eigenvalue weighted by Gasteiger charge is 2.36. The first-order valence-corrected chi connectivity index (χ1v) is 10.7. The number of carbonyl (C=O) groups excluding carboxylic acids is 1. The Balaban J connectivity index is 1.61. The summed E-state index contributed by atoms with van der Waals surface area (Å²) in [5, 5.41) is 11.9. The number of oxazole rings is 1. The third-order valence-corrected chi connectivity index (χ3v) is 6.19. The molecule has 2 heterocycles. The van der Waals surface area contributed by atoms with Gasteiger partial charge in [-0.1, -0.05) is 26.0 Å². The molecule has 2 unspecified atom stereocenters. The molecule has 2 N–H and O–H groups in total. The third-order valence-electron chi connectivity index (χ3n) is 6.19. The first kappa shape index (κ1) is 21.8. The van der Waals surface area contributed by atoms with Gasteiger partial charge in [-0.15, -0.1) is 0 Å². The highest BCUT2D eigenvalue weighted by molar-refractivity contribution is 5.95. The predicted octanol–water partition coefficient (Wildman–Crippen LogP) is 4.88. The molecule has 0 saturated carbocycles. The van der Waals surface area contributed by atoms with E-state index in [4.69, 9.17) is 4.42 Å². The van der Waals surface area contributed by atoms with Gasteiger partial charge in [0.05, 0.1) is 5.56 Å². The Bertz CT molecular complexity index is 1170. The number of rotatable bonds is 4. The van der Waals surface area contributed by atoms with Gasteiger partial charge in [-0.25, -0.2) is 14.2 Å². The molecule has 2 aromatic carbocycles. The second kappa shape index (κ2) is 8.61. The largest absolute Gasteiger partial charge is 0.465 e. The zero-order chi connectivity index (χ0) is 23.0. The van der Waals surface area contributed by atoms with Gasteiger partial charge in [0.2, 0.25) is 0 Å². The van der Waals surface area contributed by atoms with E-state index in [0.29, 0.717) is 41.9 Å². The molecule has 1 saturated heterocycles. The Hall–Kier alpha value is -3.42. The molecule has 7 nitrogen and oxygen atoms in total. The molecule has 0 radical (unpaired) electrons. The number of likely N-dealkylation sites (tertiary alicyclic amines) is 1. The molecule has 0 spiro atoms. The van der Waals surface area contributed by atoms with E-state index in [-0.39, 0.29) is 23.4 Å². The van der Waals surface area contributed by atoms with E-state index < -0.39 is 17.8 Å². The molecule has 1 aliphatic rings. The molecule has 2 amide bonds. The van der Waals surface area contributed by atoms with Gasteiger partial charge in [-0.05, 0) is 54.2 Å². The maximum Gasteiger partial charge on any atom is 0.407 e. The van der Waals surface area contributed by atoms with Crippen molar-refractivity contribution in [3.63, 3.8) is 0 Å². The van der Waals surface area contributed by atoms with Gasteiger partial charge in [-0.3, -0.25) is 4.79 Å². The van der Waals surface area contributed by atoms with Gasteiger partial charge in [0.1, 0.15) is 11.3 Å². The zero-order valence-corrected chi connectivity index (χ0v) is 18.3. The quantitative estimate of drug-likeness (QED) is 0.604. The smallest absolute Gasteiger partial charge is 0.407 e. The van der Waals surface area contributed by atoms with Crippen LogP contribution in [-0.4, -0.2) is 46.6 Å². The van der Waals surface area contributed by atoms with E-state index in [1.807, 2.05) is 26.0 Å². The lowest BCUT2D eigenvalue weighted by Gasteiger charge is -2.39. The average molecular weight is 439 g/mol. The summed E-state index contributed by atoms with van der Waals surface area (Å²) in [5.41, 5.74) is 2.69. The topological polar surface area (TPSA) is 95.7 Å². The summed E-state index contributed by atoms with van der Waals surface area (Å²) in [7, 11) is 1.46. The molecule has 168 valence electrons. The summed E-state index contributed by atoms with van der Waals surface area (Å²) in [6, 6.07) is 9.88. The molecular formula is C24H26FN3O4. The van der Waals surface area contributed by atoms with Crippen LogP contribution in [0.5, 0.6) is 0 Å². The monoisotopic (exact) mass is 439 g/mol. The molecule has 1 aromatic heterocycles. The van der Waals surface area contributed by atoms with Crippen LogP contribution >= 0.6 is 0 Å². The molecule has 0 bridgehead atoms. The fraction of sp³-hybridized carbons (Fsp3) is 0.375. The third kappa shape index (κ3) is 4.04. The van der Waals surface area contributed by atoms with Crippen LogP contribution in [0.25, 0.3) is 22.2 Å². The lowest BCUT2D eigenvalue weighted by Crippen LogP contribution is -2.47. The van der Waals surface area contributed by atoms with E-state index in [2.05, 4.69) is 10.3 Å². The highest BCUT2D eigenvalue weighted by atomic mass is 19.1. The first-order valence-electron chi connectivity index (χ1n) is 10.7. The van der Waals surface area contributed by atoms with Crippen molar-refractivity contribution >= 4 is 23.1 Å². The number of hydrogen-bond donors (Lipinski definition) is 2. The number of hydrogen-bond acceptors (Lipinski definition) is 4. The maximum absolute atomic E-state index is 14.4. The van der Waals surface area contributed by atoms with Crippen LogP contribution in [0.15, 0.2) is 40.8 Å². The standard InChI is InChI=1S/C24H26FN3O4/c1-13(2)20-12-16(8-9-28(20)24(30)31)23-27-19-11-15(5-7-21(19)32-23)14-4-6-17(18(25)10-14)22(29)26-3/h4-7,10-11,13,16,20H,8-9,12H2,1-3H3,(H,26,29)(H,30,31). The summed E-state index contributed by atoms with van der Waals surface area (Å²) in [6.45, 7) is 4.50. The van der Waals surface area contributed by atoms with Gasteiger partial charge in [0.25, 0.3) is 5.91 Å². The Kier molecular flexibility index (Phi) is 5.86. The maximum atomic E-state index is 14.4. The molecule has 32 heavy (non-hydrogen) atoms. The minimum absolute atomic E-state index is 0.00606. The number of nitrogens with zero attached hydrogens (tertiary/aromatic N) is 2. The Morgan fingerprint density at radius 2 is 1.94 bits per heavy atom. The van der Waals surface area contributed by atoms with E-state index in [1.165, 1.54) is 24.1 Å². The second-order valence-corrected chi connectivity index (χ2v) is 8.52.